The highest BCUT2D eigenvalue weighted by atomic mass is 15.1. The van der Waals surface area contributed by atoms with E-state index in [0.29, 0.717) is 5.92 Å². The monoisotopic (exact) mass is 205 g/mol. The molecule has 1 saturated heterocycles. The van der Waals surface area contributed by atoms with Crippen LogP contribution in [-0.2, 0) is 0 Å². The van der Waals surface area contributed by atoms with Crippen LogP contribution in [0.15, 0.2) is 12.1 Å². The van der Waals surface area contributed by atoms with Gasteiger partial charge in [0.2, 0.25) is 0 Å². The van der Waals surface area contributed by atoms with E-state index in [4.69, 9.17) is 0 Å². The zero-order valence-electron chi connectivity index (χ0n) is 9.75. The molecule has 1 aromatic rings. The fourth-order valence-corrected chi connectivity index (χ4v) is 2.05. The molecule has 0 aliphatic carbocycles. The van der Waals surface area contributed by atoms with Crippen molar-refractivity contribution < 1.29 is 0 Å². The molecule has 1 aliphatic heterocycles. The van der Waals surface area contributed by atoms with Gasteiger partial charge in [-0.15, -0.1) is 0 Å². The molecule has 3 heteroatoms. The Balaban J connectivity index is 2.30. The number of pyridine rings is 1. The lowest BCUT2D eigenvalue weighted by Crippen LogP contribution is -2.12. The summed E-state index contributed by atoms with van der Waals surface area (Å²) in [6, 6.07) is 4.34. The third kappa shape index (κ3) is 2.29. The van der Waals surface area contributed by atoms with Gasteiger partial charge in [0, 0.05) is 43.6 Å². The van der Waals surface area contributed by atoms with Gasteiger partial charge in [-0.05, 0) is 32.0 Å². The molecule has 0 aromatic carbocycles. The molecule has 82 valence electrons. The molecular formula is C12H19N3. The van der Waals surface area contributed by atoms with Crippen LogP contribution >= 0.6 is 0 Å². The van der Waals surface area contributed by atoms with Crippen molar-refractivity contribution >= 4 is 5.69 Å². The first kappa shape index (κ1) is 10.4. The zero-order chi connectivity index (χ0) is 10.8. The van der Waals surface area contributed by atoms with E-state index >= 15 is 0 Å². The van der Waals surface area contributed by atoms with Gasteiger partial charge in [-0.3, -0.25) is 4.98 Å². The van der Waals surface area contributed by atoms with E-state index in [1.54, 1.807) is 0 Å². The molecule has 1 atom stereocenters. The van der Waals surface area contributed by atoms with Gasteiger partial charge >= 0.3 is 0 Å². The Morgan fingerprint density at radius 1 is 1.40 bits per heavy atom. The van der Waals surface area contributed by atoms with E-state index in [1.807, 2.05) is 0 Å². The summed E-state index contributed by atoms with van der Waals surface area (Å²) in [7, 11) is 4.15. The molecule has 1 N–H and O–H groups in total. The standard InChI is InChI=1S/C12H19N3/c1-9-6-11(15(2)3)7-12(14-9)10-4-5-13-8-10/h6-7,10,13H,4-5,8H2,1-3H3. The molecule has 2 heterocycles. The number of anilines is 1. The normalized spacial score (nSPS) is 20.6. The van der Waals surface area contributed by atoms with Gasteiger partial charge in [0.1, 0.15) is 0 Å². The number of hydrogen-bond acceptors (Lipinski definition) is 3. The number of hydrogen-bond donors (Lipinski definition) is 1. The molecule has 1 unspecified atom stereocenters. The molecule has 15 heavy (non-hydrogen) atoms. The minimum Gasteiger partial charge on any atom is -0.378 e. The number of aryl methyl sites for hydroxylation is 1. The van der Waals surface area contributed by atoms with Crippen molar-refractivity contribution in [2.24, 2.45) is 0 Å². The summed E-state index contributed by atoms with van der Waals surface area (Å²) in [5.74, 6) is 0.601. The lowest BCUT2D eigenvalue weighted by molar-refractivity contribution is 0.730. The minimum absolute atomic E-state index is 0.601. The molecule has 1 aliphatic rings. The predicted molar refractivity (Wildman–Crippen MR) is 63.5 cm³/mol. The van der Waals surface area contributed by atoms with Gasteiger partial charge < -0.3 is 10.2 Å². The van der Waals surface area contributed by atoms with Crippen molar-refractivity contribution in [3.63, 3.8) is 0 Å². The van der Waals surface area contributed by atoms with Crippen LogP contribution in [0.4, 0.5) is 5.69 Å². The van der Waals surface area contributed by atoms with Crippen molar-refractivity contribution in [3.8, 4) is 0 Å². The summed E-state index contributed by atoms with van der Waals surface area (Å²) in [4.78, 5) is 6.77. The van der Waals surface area contributed by atoms with Gasteiger partial charge in [-0.25, -0.2) is 0 Å². The maximum Gasteiger partial charge on any atom is 0.0471 e. The predicted octanol–water partition coefficient (Wildman–Crippen LogP) is 1.53. The summed E-state index contributed by atoms with van der Waals surface area (Å²) in [5.41, 5.74) is 3.61. The second-order valence-electron chi connectivity index (χ2n) is 4.48. The summed E-state index contributed by atoms with van der Waals surface area (Å²) < 4.78 is 0. The highest BCUT2D eigenvalue weighted by molar-refractivity contribution is 5.47. The molecule has 0 bridgehead atoms. The van der Waals surface area contributed by atoms with Crippen molar-refractivity contribution in [2.45, 2.75) is 19.3 Å². The van der Waals surface area contributed by atoms with Crippen molar-refractivity contribution in [2.75, 3.05) is 32.1 Å². The number of nitrogens with one attached hydrogen (secondary N) is 1. The first-order chi connectivity index (χ1) is 7.16. The Kier molecular flexibility index (Phi) is 2.91. The van der Waals surface area contributed by atoms with Crippen LogP contribution in [0.2, 0.25) is 0 Å². The van der Waals surface area contributed by atoms with Crippen LogP contribution in [0.3, 0.4) is 0 Å². The SMILES string of the molecule is Cc1cc(N(C)C)cc(C2CCNC2)n1. The van der Waals surface area contributed by atoms with Crippen LogP contribution < -0.4 is 10.2 Å². The third-order valence-electron chi connectivity index (χ3n) is 2.95. The summed E-state index contributed by atoms with van der Waals surface area (Å²) in [6.45, 7) is 4.26. The van der Waals surface area contributed by atoms with Gasteiger partial charge in [-0.1, -0.05) is 0 Å². The van der Waals surface area contributed by atoms with Crippen LogP contribution in [0.25, 0.3) is 0 Å². The van der Waals surface area contributed by atoms with Crippen LogP contribution in [0.5, 0.6) is 0 Å². The smallest absolute Gasteiger partial charge is 0.0471 e. The molecule has 3 nitrogen and oxygen atoms in total. The summed E-state index contributed by atoms with van der Waals surface area (Å²) >= 11 is 0. The van der Waals surface area contributed by atoms with Gasteiger partial charge in [0.15, 0.2) is 0 Å². The van der Waals surface area contributed by atoms with Crippen molar-refractivity contribution in [3.05, 3.63) is 23.5 Å². The Hall–Kier alpha value is -1.09. The first-order valence-corrected chi connectivity index (χ1v) is 5.53. The molecule has 1 fully saturated rings. The molecular weight excluding hydrogens is 186 g/mol. The summed E-state index contributed by atoms with van der Waals surface area (Å²) in [5, 5.41) is 3.39. The van der Waals surface area contributed by atoms with Gasteiger partial charge in [0.05, 0.1) is 0 Å². The van der Waals surface area contributed by atoms with Crippen LogP contribution in [0.1, 0.15) is 23.7 Å². The van der Waals surface area contributed by atoms with Crippen molar-refractivity contribution in [1.82, 2.24) is 10.3 Å². The average Bonchev–Trinajstić information content (AvgIpc) is 2.69. The Morgan fingerprint density at radius 3 is 2.80 bits per heavy atom. The third-order valence-corrected chi connectivity index (χ3v) is 2.95. The van der Waals surface area contributed by atoms with Crippen molar-refractivity contribution in [1.29, 1.82) is 0 Å². The average molecular weight is 205 g/mol. The minimum atomic E-state index is 0.601. The van der Waals surface area contributed by atoms with Crippen LogP contribution in [-0.4, -0.2) is 32.2 Å². The summed E-state index contributed by atoms with van der Waals surface area (Å²) in [6.07, 6.45) is 1.21. The molecule has 0 saturated carbocycles. The molecule has 1 aromatic heterocycles. The number of nitrogens with zero attached hydrogens (tertiary/aromatic N) is 2. The largest absolute Gasteiger partial charge is 0.378 e. The Morgan fingerprint density at radius 2 is 2.20 bits per heavy atom. The topological polar surface area (TPSA) is 28.2 Å². The molecule has 0 radical (unpaired) electrons. The highest BCUT2D eigenvalue weighted by Gasteiger charge is 2.18. The Labute approximate surface area is 91.5 Å². The fraction of sp³-hybridized carbons (Fsp3) is 0.583. The van der Waals surface area contributed by atoms with E-state index in [9.17, 15) is 0 Å². The lowest BCUT2D eigenvalue weighted by atomic mass is 10.0. The lowest BCUT2D eigenvalue weighted by Gasteiger charge is -2.16. The second kappa shape index (κ2) is 4.19. The zero-order valence-corrected chi connectivity index (χ0v) is 9.75. The molecule has 0 amide bonds. The maximum absolute atomic E-state index is 4.63. The van der Waals surface area contributed by atoms with E-state index in [-0.39, 0.29) is 0 Å². The van der Waals surface area contributed by atoms with Gasteiger partial charge in [0.25, 0.3) is 0 Å². The Bertz CT molecular complexity index is 341. The quantitative estimate of drug-likeness (QED) is 0.793. The first-order valence-electron chi connectivity index (χ1n) is 5.53. The van der Waals surface area contributed by atoms with Crippen LogP contribution in [0, 0.1) is 6.92 Å². The molecule has 0 spiro atoms. The highest BCUT2D eigenvalue weighted by Crippen LogP contribution is 2.24. The van der Waals surface area contributed by atoms with E-state index in [0.717, 1.165) is 18.8 Å². The molecule has 2 rings (SSSR count). The number of aromatic nitrogens is 1. The van der Waals surface area contributed by atoms with E-state index in [1.165, 1.54) is 17.8 Å². The second-order valence-corrected chi connectivity index (χ2v) is 4.48. The van der Waals surface area contributed by atoms with E-state index < -0.39 is 0 Å². The maximum atomic E-state index is 4.63. The fourth-order valence-electron chi connectivity index (χ4n) is 2.05. The number of rotatable bonds is 2. The van der Waals surface area contributed by atoms with E-state index in [2.05, 4.69) is 48.4 Å². The van der Waals surface area contributed by atoms with Gasteiger partial charge in [-0.2, -0.15) is 0 Å².